The number of aliphatic hydroxyl groups excluding tert-OH is 1. The molecule has 0 amide bonds. The zero-order valence-electron chi connectivity index (χ0n) is 17.8. The van der Waals surface area contributed by atoms with Crippen molar-refractivity contribution < 1.29 is 98.4 Å². The zero-order valence-corrected chi connectivity index (χ0v) is 17.8. The molecular weight excluding hydrogens is 601 g/mol. The Labute approximate surface area is 196 Å². The minimum Gasteiger partial charge on any atom is -0.478 e. The summed E-state index contributed by atoms with van der Waals surface area (Å²) < 4.78 is 255. The van der Waals surface area contributed by atoms with Crippen LogP contribution in [0.3, 0.4) is 0 Å². The van der Waals surface area contributed by atoms with Crippen LogP contribution in [0.15, 0.2) is 11.1 Å². The molecule has 0 aromatic heterocycles. The van der Waals surface area contributed by atoms with Gasteiger partial charge >= 0.3 is 59.5 Å². The average Bonchev–Trinajstić information content (AvgIpc) is 2.67. The Morgan fingerprint density at radius 3 is 1.16 bits per heavy atom. The van der Waals surface area contributed by atoms with Gasteiger partial charge in [0.2, 0.25) is 0 Å². The van der Waals surface area contributed by atoms with E-state index in [0.717, 1.165) is 0 Å². The highest BCUT2D eigenvalue weighted by molar-refractivity contribution is 5.87. The summed E-state index contributed by atoms with van der Waals surface area (Å²) in [7, 11) is 0. The van der Waals surface area contributed by atoms with Crippen molar-refractivity contribution >= 4 is 5.97 Å². The molecule has 0 saturated carbocycles. The number of aliphatic carboxylic acids is 1. The number of aliphatic hydroxyl groups is 1. The van der Waals surface area contributed by atoms with E-state index in [1.807, 2.05) is 0 Å². The molecule has 0 aliphatic heterocycles. The van der Waals surface area contributed by atoms with E-state index < -0.39 is 83.2 Å². The molecule has 1 atom stereocenters. The topological polar surface area (TPSA) is 57.5 Å². The Morgan fingerprint density at radius 1 is 0.605 bits per heavy atom. The SMILES string of the molecule is CC(C(=O)O)=C(CC(C)O)C(F)(F)C(F)(F)C(F)(F)C(F)(F)C(F)(F)C(F)(F)C(F)(C(F)(F)F)C(F)(F)F. The smallest absolute Gasteiger partial charge is 0.438 e. The summed E-state index contributed by atoms with van der Waals surface area (Å²) in [5.74, 6) is -54.3. The van der Waals surface area contributed by atoms with Crippen molar-refractivity contribution in [2.75, 3.05) is 0 Å². The zero-order chi connectivity index (χ0) is 31.5. The lowest BCUT2D eigenvalue weighted by Crippen LogP contribution is -2.77. The molecule has 2 N–H and O–H groups in total. The van der Waals surface area contributed by atoms with Gasteiger partial charge in [0.1, 0.15) is 0 Å². The first-order valence-corrected chi connectivity index (χ1v) is 8.87. The Bertz CT molecular complexity index is 911. The van der Waals surface area contributed by atoms with Gasteiger partial charge < -0.3 is 10.2 Å². The van der Waals surface area contributed by atoms with Gasteiger partial charge in [0.15, 0.2) is 0 Å². The van der Waals surface area contributed by atoms with Crippen LogP contribution in [0.1, 0.15) is 20.3 Å². The van der Waals surface area contributed by atoms with Crippen molar-refractivity contribution in [1.82, 2.24) is 0 Å². The van der Waals surface area contributed by atoms with Crippen LogP contribution >= 0.6 is 0 Å². The maximum atomic E-state index is 14.3. The number of rotatable bonds is 10. The summed E-state index contributed by atoms with van der Waals surface area (Å²) in [4.78, 5) is 10.8. The molecule has 0 fully saturated rings. The molecule has 1 unspecified atom stereocenters. The highest BCUT2D eigenvalue weighted by Gasteiger charge is 2.98. The van der Waals surface area contributed by atoms with Gasteiger partial charge in [-0.3, -0.25) is 0 Å². The van der Waals surface area contributed by atoms with Crippen LogP contribution in [0, 0.1) is 0 Å². The van der Waals surface area contributed by atoms with Crippen molar-refractivity contribution in [3.63, 3.8) is 0 Å². The molecule has 0 aromatic rings. The molecule has 0 rings (SSSR count). The molecule has 3 nitrogen and oxygen atoms in total. The lowest BCUT2D eigenvalue weighted by Gasteiger charge is -2.45. The van der Waals surface area contributed by atoms with E-state index in [2.05, 4.69) is 0 Å². The molecule has 0 aliphatic rings. The molecule has 0 spiro atoms. The second kappa shape index (κ2) is 9.49. The molecule has 0 bridgehead atoms. The van der Waals surface area contributed by atoms with Crippen molar-refractivity contribution in [2.24, 2.45) is 0 Å². The number of alkyl halides is 19. The van der Waals surface area contributed by atoms with E-state index in [9.17, 15) is 88.2 Å². The maximum absolute atomic E-state index is 14.3. The van der Waals surface area contributed by atoms with E-state index in [1.54, 1.807) is 0 Å². The molecule has 22 heteroatoms. The first kappa shape index (κ1) is 35.8. The summed E-state index contributed by atoms with van der Waals surface area (Å²) >= 11 is 0. The van der Waals surface area contributed by atoms with Crippen LogP contribution in [-0.2, 0) is 4.79 Å². The molecule has 0 aromatic carbocycles. The number of carboxylic acids is 1. The highest BCUT2D eigenvalue weighted by Crippen LogP contribution is 2.66. The van der Waals surface area contributed by atoms with Crippen LogP contribution in [0.2, 0.25) is 0 Å². The van der Waals surface area contributed by atoms with Gasteiger partial charge in [-0.2, -0.15) is 79.0 Å². The van der Waals surface area contributed by atoms with Gasteiger partial charge in [0.05, 0.1) is 6.10 Å². The molecule has 0 radical (unpaired) electrons. The minimum absolute atomic E-state index is 0.118. The lowest BCUT2D eigenvalue weighted by molar-refractivity contribution is -0.471. The van der Waals surface area contributed by atoms with Crippen LogP contribution < -0.4 is 0 Å². The minimum atomic E-state index is -9.17. The number of hydrogen-bond donors (Lipinski definition) is 2. The Morgan fingerprint density at radius 2 is 0.895 bits per heavy atom. The van der Waals surface area contributed by atoms with Crippen LogP contribution in [0.4, 0.5) is 83.4 Å². The lowest BCUT2D eigenvalue weighted by atomic mass is 9.82. The van der Waals surface area contributed by atoms with Gasteiger partial charge in [-0.25, -0.2) is 9.18 Å². The van der Waals surface area contributed by atoms with Crippen LogP contribution in [0.5, 0.6) is 0 Å². The first-order valence-electron chi connectivity index (χ1n) is 8.87. The summed E-state index contributed by atoms with van der Waals surface area (Å²) in [5.41, 5.74) is -13.9. The van der Waals surface area contributed by atoms with Crippen molar-refractivity contribution in [3.05, 3.63) is 11.1 Å². The van der Waals surface area contributed by atoms with Crippen molar-refractivity contribution in [1.29, 1.82) is 0 Å². The molecule has 38 heavy (non-hydrogen) atoms. The summed E-state index contributed by atoms with van der Waals surface area (Å²) in [6.45, 7) is 0.243. The second-order valence-electron chi connectivity index (χ2n) is 7.56. The molecule has 226 valence electrons. The maximum Gasteiger partial charge on any atom is 0.438 e. The largest absolute Gasteiger partial charge is 0.478 e. The Balaban J connectivity index is 7.47. The summed E-state index contributed by atoms with van der Waals surface area (Å²) in [6.07, 6.45) is -21.3. The Hall–Kier alpha value is -2.16. The third kappa shape index (κ3) is 4.73. The fourth-order valence-corrected chi connectivity index (χ4v) is 2.65. The van der Waals surface area contributed by atoms with Crippen LogP contribution in [-0.4, -0.2) is 75.8 Å². The summed E-state index contributed by atoms with van der Waals surface area (Å²) in [5, 5.41) is 17.6. The van der Waals surface area contributed by atoms with E-state index in [4.69, 9.17) is 10.2 Å². The van der Waals surface area contributed by atoms with E-state index in [0.29, 0.717) is 6.92 Å². The number of carbonyl (C=O) groups is 1. The third-order valence-corrected chi connectivity index (χ3v) is 4.84. The number of hydrogen-bond acceptors (Lipinski definition) is 2. The molecular formula is C16H11F19O3. The second-order valence-corrected chi connectivity index (χ2v) is 7.56. The predicted octanol–water partition coefficient (Wildman–Crippen LogP) is 6.80. The van der Waals surface area contributed by atoms with Crippen molar-refractivity contribution in [2.45, 2.75) is 79.9 Å². The highest BCUT2D eigenvalue weighted by atomic mass is 19.4. The average molecular weight is 612 g/mol. The first-order chi connectivity index (χ1) is 16.2. The van der Waals surface area contributed by atoms with Crippen LogP contribution in [0.25, 0.3) is 0 Å². The van der Waals surface area contributed by atoms with Gasteiger partial charge in [-0.15, -0.1) is 0 Å². The molecule has 0 aliphatic carbocycles. The quantitative estimate of drug-likeness (QED) is 0.211. The van der Waals surface area contributed by atoms with Crippen molar-refractivity contribution in [3.8, 4) is 0 Å². The van der Waals surface area contributed by atoms with Gasteiger partial charge in [-0.1, -0.05) is 0 Å². The normalized spacial score (nSPS) is 17.3. The predicted molar refractivity (Wildman–Crippen MR) is 82.3 cm³/mol. The fraction of sp³-hybridized carbons (Fsp3) is 0.812. The monoisotopic (exact) mass is 612 g/mol. The summed E-state index contributed by atoms with van der Waals surface area (Å²) in [6, 6.07) is 0. The van der Waals surface area contributed by atoms with Gasteiger partial charge in [-0.05, 0) is 13.8 Å². The number of halogens is 19. The van der Waals surface area contributed by atoms with E-state index in [1.165, 1.54) is 0 Å². The fourth-order valence-electron chi connectivity index (χ4n) is 2.65. The van der Waals surface area contributed by atoms with Gasteiger partial charge in [0.25, 0.3) is 0 Å². The van der Waals surface area contributed by atoms with E-state index in [-0.39, 0.29) is 6.92 Å². The van der Waals surface area contributed by atoms with E-state index >= 15 is 0 Å². The number of carboxylic acid groups (broad SMARTS) is 1. The third-order valence-electron chi connectivity index (χ3n) is 4.84. The molecule has 0 saturated heterocycles. The standard InChI is InChI=1S/C16H11F19O3/c1-4(36)3-6(5(2)7(37)38)8(17,18)10(20,21)12(24,25)14(28,29)13(26,27)11(22,23)9(19,15(30,31)32)16(33,34)35/h4,36H,3H2,1-2H3,(H,37,38). The molecule has 0 heterocycles. The van der Waals surface area contributed by atoms with Gasteiger partial charge in [0, 0.05) is 17.6 Å². The Kier molecular flexibility index (Phi) is 8.95.